The summed E-state index contributed by atoms with van der Waals surface area (Å²) in [6, 6.07) is 12.4. The SMILES string of the molecule is CCNC(=NCc1ccc(OCC)c(F)c1)NCCc1cccc(C(=O)NC)c1.I. The third kappa shape index (κ3) is 8.17. The summed E-state index contributed by atoms with van der Waals surface area (Å²) in [6.07, 6.45) is 0.743. The molecule has 0 aliphatic rings. The molecule has 0 heterocycles. The van der Waals surface area contributed by atoms with Crippen LogP contribution in [0.1, 0.15) is 35.3 Å². The molecule has 0 saturated carbocycles. The number of nitrogens with zero attached hydrogens (tertiary/aromatic N) is 1. The molecule has 1 amide bonds. The van der Waals surface area contributed by atoms with Crippen molar-refractivity contribution in [2.24, 2.45) is 4.99 Å². The summed E-state index contributed by atoms with van der Waals surface area (Å²) in [5, 5.41) is 9.08. The van der Waals surface area contributed by atoms with Crippen LogP contribution in [0.25, 0.3) is 0 Å². The average Bonchev–Trinajstić information content (AvgIpc) is 2.73. The predicted octanol–water partition coefficient (Wildman–Crippen LogP) is 3.50. The second kappa shape index (κ2) is 13.8. The number of amides is 1. The van der Waals surface area contributed by atoms with Gasteiger partial charge in [-0.3, -0.25) is 4.79 Å². The summed E-state index contributed by atoms with van der Waals surface area (Å²) >= 11 is 0. The summed E-state index contributed by atoms with van der Waals surface area (Å²) in [4.78, 5) is 16.3. The lowest BCUT2D eigenvalue weighted by Gasteiger charge is -2.12. The molecular weight excluding hydrogens is 498 g/mol. The maximum absolute atomic E-state index is 14.0. The molecule has 0 spiro atoms. The summed E-state index contributed by atoms with van der Waals surface area (Å²) in [5.41, 5.74) is 2.47. The van der Waals surface area contributed by atoms with E-state index >= 15 is 0 Å². The van der Waals surface area contributed by atoms with Crippen molar-refractivity contribution in [2.45, 2.75) is 26.8 Å². The monoisotopic (exact) mass is 528 g/mol. The smallest absolute Gasteiger partial charge is 0.251 e. The van der Waals surface area contributed by atoms with E-state index in [0.717, 1.165) is 24.1 Å². The second-order valence-electron chi connectivity index (χ2n) is 6.35. The zero-order valence-corrected chi connectivity index (χ0v) is 20.0. The maximum atomic E-state index is 14.0. The highest BCUT2D eigenvalue weighted by Crippen LogP contribution is 2.18. The van der Waals surface area contributed by atoms with Crippen LogP contribution in [0.15, 0.2) is 47.5 Å². The number of aliphatic imine (C=N–C) groups is 1. The van der Waals surface area contributed by atoms with E-state index in [0.29, 0.717) is 31.2 Å². The largest absolute Gasteiger partial charge is 0.491 e. The molecule has 0 saturated heterocycles. The van der Waals surface area contributed by atoms with E-state index in [1.807, 2.05) is 38.1 Å². The molecule has 0 aliphatic heterocycles. The van der Waals surface area contributed by atoms with Gasteiger partial charge in [0.25, 0.3) is 5.91 Å². The number of hydrogen-bond donors (Lipinski definition) is 3. The Kier molecular flexibility index (Phi) is 11.8. The summed E-state index contributed by atoms with van der Waals surface area (Å²) in [5.74, 6) is 0.430. The molecule has 0 aliphatic carbocycles. The van der Waals surface area contributed by atoms with E-state index in [1.54, 1.807) is 19.2 Å². The number of guanidine groups is 1. The molecule has 0 radical (unpaired) electrons. The Morgan fingerprint density at radius 2 is 1.90 bits per heavy atom. The van der Waals surface area contributed by atoms with Gasteiger partial charge in [-0.1, -0.05) is 18.2 Å². The first-order valence-electron chi connectivity index (χ1n) is 9.81. The fourth-order valence-corrected chi connectivity index (χ4v) is 2.76. The Morgan fingerprint density at radius 1 is 1.10 bits per heavy atom. The van der Waals surface area contributed by atoms with Crippen molar-refractivity contribution >= 4 is 35.8 Å². The highest BCUT2D eigenvalue weighted by molar-refractivity contribution is 14.0. The van der Waals surface area contributed by atoms with Gasteiger partial charge in [0.05, 0.1) is 13.2 Å². The van der Waals surface area contributed by atoms with Crippen molar-refractivity contribution < 1.29 is 13.9 Å². The molecule has 0 bridgehead atoms. The topological polar surface area (TPSA) is 74.8 Å². The van der Waals surface area contributed by atoms with Crippen LogP contribution >= 0.6 is 24.0 Å². The van der Waals surface area contributed by atoms with Gasteiger partial charge in [0.2, 0.25) is 0 Å². The quantitative estimate of drug-likeness (QED) is 0.265. The standard InChI is InChI=1S/C22H29FN4O2.HI/c1-4-25-22(27-15-17-9-10-20(29-5-2)19(23)14-17)26-12-11-16-7-6-8-18(13-16)21(28)24-3;/h6-10,13-14H,4-5,11-12,15H2,1-3H3,(H,24,28)(H2,25,26,27);1H. The van der Waals surface area contributed by atoms with Gasteiger partial charge in [0.15, 0.2) is 17.5 Å². The van der Waals surface area contributed by atoms with Gasteiger partial charge in [-0.15, -0.1) is 24.0 Å². The van der Waals surface area contributed by atoms with Crippen LogP contribution in [0, 0.1) is 5.82 Å². The Hall–Kier alpha value is -2.36. The van der Waals surface area contributed by atoms with Crippen LogP contribution in [0.5, 0.6) is 5.75 Å². The fraction of sp³-hybridized carbons (Fsp3) is 0.364. The molecule has 3 N–H and O–H groups in total. The van der Waals surface area contributed by atoms with Crippen LogP contribution in [-0.2, 0) is 13.0 Å². The van der Waals surface area contributed by atoms with Crippen LogP contribution in [0.3, 0.4) is 0 Å². The van der Waals surface area contributed by atoms with Gasteiger partial charge in [0.1, 0.15) is 0 Å². The third-order valence-corrected chi connectivity index (χ3v) is 4.18. The lowest BCUT2D eigenvalue weighted by atomic mass is 10.1. The van der Waals surface area contributed by atoms with Gasteiger partial charge in [0, 0.05) is 25.7 Å². The average molecular weight is 528 g/mol. The number of carbonyl (C=O) groups is 1. The van der Waals surface area contributed by atoms with Crippen LogP contribution in [-0.4, -0.2) is 38.6 Å². The van der Waals surface area contributed by atoms with Gasteiger partial charge >= 0.3 is 0 Å². The van der Waals surface area contributed by atoms with Crippen molar-refractivity contribution in [1.29, 1.82) is 0 Å². The van der Waals surface area contributed by atoms with E-state index in [9.17, 15) is 9.18 Å². The number of carbonyl (C=O) groups excluding carboxylic acids is 1. The maximum Gasteiger partial charge on any atom is 0.251 e. The van der Waals surface area contributed by atoms with Gasteiger partial charge in [-0.05, 0) is 55.7 Å². The molecule has 0 atom stereocenters. The highest BCUT2D eigenvalue weighted by Gasteiger charge is 2.06. The molecule has 2 aromatic rings. The fourth-order valence-electron chi connectivity index (χ4n) is 2.76. The van der Waals surface area contributed by atoms with Crippen molar-refractivity contribution in [2.75, 3.05) is 26.7 Å². The molecule has 8 heteroatoms. The van der Waals surface area contributed by atoms with Crippen LogP contribution in [0.4, 0.5) is 4.39 Å². The van der Waals surface area contributed by atoms with Crippen molar-refractivity contribution in [1.82, 2.24) is 16.0 Å². The van der Waals surface area contributed by atoms with E-state index in [1.165, 1.54) is 6.07 Å². The Bertz CT molecular complexity index is 846. The first-order chi connectivity index (χ1) is 14.1. The normalized spacial score (nSPS) is 10.7. The summed E-state index contributed by atoms with van der Waals surface area (Å²) in [7, 11) is 1.62. The van der Waals surface area contributed by atoms with E-state index in [4.69, 9.17) is 4.74 Å². The Labute approximate surface area is 194 Å². The molecule has 164 valence electrons. The Balaban J connectivity index is 0.00000450. The number of ether oxygens (including phenoxy) is 1. The zero-order valence-electron chi connectivity index (χ0n) is 17.6. The minimum atomic E-state index is -0.381. The van der Waals surface area contributed by atoms with E-state index < -0.39 is 0 Å². The molecule has 0 aromatic heterocycles. The minimum absolute atomic E-state index is 0. The zero-order chi connectivity index (χ0) is 21.1. The Morgan fingerprint density at radius 3 is 2.57 bits per heavy atom. The predicted molar refractivity (Wildman–Crippen MR) is 129 cm³/mol. The number of halogens is 2. The van der Waals surface area contributed by atoms with Gasteiger partial charge in [-0.25, -0.2) is 9.38 Å². The van der Waals surface area contributed by atoms with Gasteiger partial charge < -0.3 is 20.7 Å². The van der Waals surface area contributed by atoms with E-state index in [2.05, 4.69) is 20.9 Å². The number of nitrogens with one attached hydrogen (secondary N) is 3. The first kappa shape index (κ1) is 25.7. The van der Waals surface area contributed by atoms with Crippen molar-refractivity contribution in [3.8, 4) is 5.75 Å². The van der Waals surface area contributed by atoms with Crippen LogP contribution in [0.2, 0.25) is 0 Å². The second-order valence-corrected chi connectivity index (χ2v) is 6.35. The lowest BCUT2D eigenvalue weighted by molar-refractivity contribution is 0.0963. The van der Waals surface area contributed by atoms with E-state index in [-0.39, 0.29) is 41.5 Å². The molecular formula is C22H30FIN4O2. The molecule has 6 nitrogen and oxygen atoms in total. The third-order valence-electron chi connectivity index (χ3n) is 4.18. The number of benzene rings is 2. The van der Waals surface area contributed by atoms with Crippen LogP contribution < -0.4 is 20.7 Å². The lowest BCUT2D eigenvalue weighted by Crippen LogP contribution is -2.38. The van der Waals surface area contributed by atoms with Crippen molar-refractivity contribution in [3.05, 3.63) is 65.0 Å². The summed E-state index contributed by atoms with van der Waals surface area (Å²) < 4.78 is 19.2. The summed E-state index contributed by atoms with van der Waals surface area (Å²) in [6.45, 7) is 5.96. The molecule has 2 aromatic carbocycles. The highest BCUT2D eigenvalue weighted by atomic mass is 127. The molecule has 30 heavy (non-hydrogen) atoms. The first-order valence-corrected chi connectivity index (χ1v) is 9.81. The minimum Gasteiger partial charge on any atom is -0.491 e. The molecule has 0 unspecified atom stereocenters. The number of hydrogen-bond acceptors (Lipinski definition) is 3. The van der Waals surface area contributed by atoms with Gasteiger partial charge in [-0.2, -0.15) is 0 Å². The van der Waals surface area contributed by atoms with Crippen molar-refractivity contribution in [3.63, 3.8) is 0 Å². The molecule has 2 rings (SSSR count). The number of rotatable bonds is 9. The molecule has 0 fully saturated rings.